The fourth-order valence-electron chi connectivity index (χ4n) is 10.5. The average Bonchev–Trinajstić information content (AvgIpc) is 3.50. The summed E-state index contributed by atoms with van der Waals surface area (Å²) in [6.45, 7) is 6.57. The van der Waals surface area contributed by atoms with E-state index in [-0.39, 0.29) is 31.1 Å². The highest BCUT2D eigenvalue weighted by Crippen LogP contribution is 2.18. The van der Waals surface area contributed by atoms with Crippen LogP contribution in [0, 0.1) is 0 Å². The molecule has 0 radical (unpaired) electrons. The van der Waals surface area contributed by atoms with Gasteiger partial charge in [0.25, 0.3) is 0 Å². The summed E-state index contributed by atoms with van der Waals surface area (Å²) in [5.74, 6) is -0.873. The molecule has 83 heavy (non-hydrogen) atoms. The number of esters is 3. The van der Waals surface area contributed by atoms with E-state index in [0.717, 1.165) is 103 Å². The molecule has 0 N–H and O–H groups in total. The van der Waals surface area contributed by atoms with Gasteiger partial charge in [-0.2, -0.15) is 0 Å². The van der Waals surface area contributed by atoms with Crippen LogP contribution in [-0.2, 0) is 28.6 Å². The van der Waals surface area contributed by atoms with E-state index in [0.29, 0.717) is 19.3 Å². The molecule has 480 valence electrons. The molecule has 0 aliphatic carbocycles. The Labute approximate surface area is 515 Å². The van der Waals surface area contributed by atoms with Gasteiger partial charge < -0.3 is 14.2 Å². The van der Waals surface area contributed by atoms with Crippen LogP contribution in [0.4, 0.5) is 0 Å². The predicted molar refractivity (Wildman–Crippen MR) is 362 cm³/mol. The van der Waals surface area contributed by atoms with E-state index in [4.69, 9.17) is 14.2 Å². The van der Waals surface area contributed by atoms with Crippen molar-refractivity contribution >= 4 is 17.9 Å². The van der Waals surface area contributed by atoms with Gasteiger partial charge in [0.15, 0.2) is 6.10 Å². The number of carbonyl (C=O) groups is 3. The summed E-state index contributed by atoms with van der Waals surface area (Å²) >= 11 is 0. The predicted octanol–water partition coefficient (Wildman–Crippen LogP) is 25.0. The number of unbranched alkanes of at least 4 members (excludes halogenated alkanes) is 41. The van der Waals surface area contributed by atoms with Gasteiger partial charge in [0.05, 0.1) is 0 Å². The zero-order chi connectivity index (χ0) is 59.9. The highest BCUT2D eigenvalue weighted by Gasteiger charge is 2.19. The fourth-order valence-corrected chi connectivity index (χ4v) is 10.5. The minimum Gasteiger partial charge on any atom is -0.462 e. The Morgan fingerprint density at radius 1 is 0.253 bits per heavy atom. The van der Waals surface area contributed by atoms with E-state index in [1.165, 1.54) is 225 Å². The Hall–Kier alpha value is -3.41. The van der Waals surface area contributed by atoms with Crippen molar-refractivity contribution < 1.29 is 28.6 Å². The molecule has 1 atom stereocenters. The molecule has 0 aromatic rings. The Kier molecular flexibility index (Phi) is 68.2. The lowest BCUT2D eigenvalue weighted by molar-refractivity contribution is -0.167. The monoisotopic (exact) mass is 1160 g/mol. The molecule has 6 nitrogen and oxygen atoms in total. The molecule has 0 aliphatic heterocycles. The maximum atomic E-state index is 13.0. The first-order valence-corrected chi connectivity index (χ1v) is 36.1. The van der Waals surface area contributed by atoms with E-state index < -0.39 is 6.10 Å². The zero-order valence-electron chi connectivity index (χ0n) is 55.2. The Balaban J connectivity index is 4.39. The second kappa shape index (κ2) is 71.1. The van der Waals surface area contributed by atoms with Gasteiger partial charge in [-0.1, -0.05) is 337 Å². The first-order chi connectivity index (χ1) is 41.0. The van der Waals surface area contributed by atoms with Gasteiger partial charge in [-0.3, -0.25) is 14.4 Å². The van der Waals surface area contributed by atoms with Crippen LogP contribution < -0.4 is 0 Å². The van der Waals surface area contributed by atoms with Crippen LogP contribution >= 0.6 is 0 Å². The summed E-state index contributed by atoms with van der Waals surface area (Å²) in [4.78, 5) is 38.5. The molecule has 0 saturated heterocycles. The van der Waals surface area contributed by atoms with Crippen molar-refractivity contribution in [2.24, 2.45) is 0 Å². The highest BCUT2D eigenvalue weighted by atomic mass is 16.6. The van der Waals surface area contributed by atoms with Crippen molar-refractivity contribution in [1.29, 1.82) is 0 Å². The molecule has 0 aromatic heterocycles. The molecule has 0 fully saturated rings. The van der Waals surface area contributed by atoms with Gasteiger partial charge in [0, 0.05) is 19.3 Å². The molecule has 0 aromatic carbocycles. The summed E-state index contributed by atoms with van der Waals surface area (Å²) in [6.07, 6.45) is 94.6. The largest absolute Gasteiger partial charge is 0.462 e. The molecule has 0 spiro atoms. The second-order valence-corrected chi connectivity index (χ2v) is 24.1. The molecule has 0 heterocycles. The van der Waals surface area contributed by atoms with Crippen LogP contribution in [0.2, 0.25) is 0 Å². The Bertz CT molecular complexity index is 1570. The van der Waals surface area contributed by atoms with Crippen LogP contribution in [-0.4, -0.2) is 37.2 Å². The molecule has 0 amide bonds. The lowest BCUT2D eigenvalue weighted by atomic mass is 10.0. The van der Waals surface area contributed by atoms with Crippen molar-refractivity contribution in [3.8, 4) is 0 Å². The Morgan fingerprint density at radius 3 is 0.747 bits per heavy atom. The molecule has 0 bridgehead atoms. The third-order valence-electron chi connectivity index (χ3n) is 15.9. The van der Waals surface area contributed by atoms with Gasteiger partial charge in [-0.25, -0.2) is 0 Å². The summed E-state index contributed by atoms with van der Waals surface area (Å²) < 4.78 is 17.0. The topological polar surface area (TPSA) is 78.9 Å². The minimum atomic E-state index is -0.785. The van der Waals surface area contributed by atoms with Crippen molar-refractivity contribution in [1.82, 2.24) is 0 Å². The standard InChI is InChI=1S/C77H136O6/c1-4-7-10-13-16-19-22-25-28-31-34-36-37-38-39-41-43-46-49-52-55-58-61-64-67-70-76(79)82-73-74(72-81-75(78)69-66-63-60-57-54-51-48-45-42-33-30-27-24-21-18-15-12-9-6-3)83-77(80)71-68-65-62-59-56-53-50-47-44-40-35-32-29-26-23-20-17-14-11-8-5-2/h7,10,16,19,25,28,32,34-36,38-39,43,46,74H,4-6,8-9,11-15,17-18,20-24,26-27,29-31,33,37,40-42,44-45,47-73H2,1-3H3/b10-7-,19-16-,28-25-,35-32-,36-34-,39-38-,46-43-. The normalized spacial score (nSPS) is 12.6. The van der Waals surface area contributed by atoms with Crippen molar-refractivity contribution in [2.45, 2.75) is 374 Å². The van der Waals surface area contributed by atoms with E-state index in [2.05, 4.69) is 106 Å². The first kappa shape index (κ1) is 79.6. The summed E-state index contributed by atoms with van der Waals surface area (Å²) in [7, 11) is 0. The smallest absolute Gasteiger partial charge is 0.306 e. The molecular weight excluding hydrogens is 1020 g/mol. The number of hydrogen-bond acceptors (Lipinski definition) is 6. The van der Waals surface area contributed by atoms with Gasteiger partial charge in [-0.05, 0) is 96.3 Å². The van der Waals surface area contributed by atoms with Crippen LogP contribution in [0.15, 0.2) is 85.1 Å². The summed E-state index contributed by atoms with van der Waals surface area (Å²) in [5, 5.41) is 0. The summed E-state index contributed by atoms with van der Waals surface area (Å²) in [5.41, 5.74) is 0. The quantitative estimate of drug-likeness (QED) is 0.0261. The molecular formula is C77H136O6. The molecule has 6 heteroatoms. The molecule has 0 aliphatic rings. The van der Waals surface area contributed by atoms with Crippen LogP contribution in [0.5, 0.6) is 0 Å². The zero-order valence-corrected chi connectivity index (χ0v) is 55.2. The second-order valence-electron chi connectivity index (χ2n) is 24.1. The van der Waals surface area contributed by atoms with Gasteiger partial charge in [-0.15, -0.1) is 0 Å². The van der Waals surface area contributed by atoms with Crippen molar-refractivity contribution in [2.75, 3.05) is 13.2 Å². The number of rotatable bonds is 66. The third-order valence-corrected chi connectivity index (χ3v) is 15.9. The molecule has 1 unspecified atom stereocenters. The van der Waals surface area contributed by atoms with Crippen LogP contribution in [0.25, 0.3) is 0 Å². The number of hydrogen-bond donors (Lipinski definition) is 0. The average molecular weight is 1160 g/mol. The Morgan fingerprint density at radius 2 is 0.470 bits per heavy atom. The number of allylic oxidation sites excluding steroid dienone is 14. The molecule has 0 rings (SSSR count). The van der Waals surface area contributed by atoms with Gasteiger partial charge in [0.1, 0.15) is 13.2 Å². The lowest BCUT2D eigenvalue weighted by Crippen LogP contribution is -2.30. The third kappa shape index (κ3) is 69.3. The fraction of sp³-hybridized carbons (Fsp3) is 0.779. The van der Waals surface area contributed by atoms with Gasteiger partial charge in [0.2, 0.25) is 0 Å². The maximum absolute atomic E-state index is 13.0. The highest BCUT2D eigenvalue weighted by molar-refractivity contribution is 5.71. The SMILES string of the molecule is CC/C=C\C/C=C\C/C=C\C/C=C\C/C=C\C/C=C\CCCCCCCCC(=O)OCC(COC(=O)CCCCCCCCCCCCCCCCCCCCC)OC(=O)CCCCCCCCCCC/C=C\CCCCCCCCCC. The minimum absolute atomic E-state index is 0.0782. The molecule has 0 saturated carbocycles. The van der Waals surface area contributed by atoms with Gasteiger partial charge >= 0.3 is 17.9 Å². The lowest BCUT2D eigenvalue weighted by Gasteiger charge is -2.18. The number of carbonyl (C=O) groups excluding carboxylic acids is 3. The van der Waals surface area contributed by atoms with Crippen molar-refractivity contribution in [3.63, 3.8) is 0 Å². The van der Waals surface area contributed by atoms with E-state index in [1.54, 1.807) is 0 Å². The van der Waals surface area contributed by atoms with Crippen LogP contribution in [0.1, 0.15) is 367 Å². The van der Waals surface area contributed by atoms with Crippen molar-refractivity contribution in [3.05, 3.63) is 85.1 Å². The maximum Gasteiger partial charge on any atom is 0.306 e. The first-order valence-electron chi connectivity index (χ1n) is 36.1. The number of ether oxygens (including phenoxy) is 3. The summed E-state index contributed by atoms with van der Waals surface area (Å²) in [6, 6.07) is 0. The van der Waals surface area contributed by atoms with E-state index in [1.807, 2.05) is 0 Å². The van der Waals surface area contributed by atoms with E-state index >= 15 is 0 Å². The van der Waals surface area contributed by atoms with Crippen LogP contribution in [0.3, 0.4) is 0 Å². The van der Waals surface area contributed by atoms with E-state index in [9.17, 15) is 14.4 Å².